The van der Waals surface area contributed by atoms with Gasteiger partial charge in [-0.1, -0.05) is 25.1 Å². The van der Waals surface area contributed by atoms with Gasteiger partial charge in [0, 0.05) is 5.56 Å². The van der Waals surface area contributed by atoms with Gasteiger partial charge in [0.05, 0.1) is 6.54 Å². The third-order valence-electron chi connectivity index (χ3n) is 2.88. The van der Waals surface area contributed by atoms with Gasteiger partial charge in [-0.3, -0.25) is 10.1 Å². The van der Waals surface area contributed by atoms with Crippen LogP contribution in [0.1, 0.15) is 18.9 Å². The van der Waals surface area contributed by atoms with Crippen molar-refractivity contribution in [3.8, 4) is 0 Å². The average molecular weight is 278 g/mol. The summed E-state index contributed by atoms with van der Waals surface area (Å²) in [4.78, 5) is 11.5. The summed E-state index contributed by atoms with van der Waals surface area (Å²) in [6.07, 6.45) is -4.62. The molecule has 0 saturated carbocycles. The Kier molecular flexibility index (Phi) is 4.52. The summed E-state index contributed by atoms with van der Waals surface area (Å²) in [5.74, 6) is -1.83. The first-order valence-electron chi connectivity index (χ1n) is 5.59. The van der Waals surface area contributed by atoms with E-state index in [9.17, 15) is 22.4 Å². The van der Waals surface area contributed by atoms with Gasteiger partial charge in [-0.2, -0.15) is 13.2 Å². The second-order valence-corrected chi connectivity index (χ2v) is 4.07. The van der Waals surface area contributed by atoms with Gasteiger partial charge in [-0.25, -0.2) is 4.39 Å². The van der Waals surface area contributed by atoms with Gasteiger partial charge < -0.3 is 5.73 Å². The Hall–Kier alpha value is -1.63. The monoisotopic (exact) mass is 278 g/mol. The lowest BCUT2D eigenvalue weighted by Gasteiger charge is -2.32. The topological polar surface area (TPSA) is 55.1 Å². The highest BCUT2D eigenvalue weighted by molar-refractivity contribution is 5.86. The van der Waals surface area contributed by atoms with Crippen molar-refractivity contribution in [1.29, 1.82) is 0 Å². The first-order valence-corrected chi connectivity index (χ1v) is 5.59. The Bertz CT molecular complexity index is 461. The van der Waals surface area contributed by atoms with E-state index in [1.54, 1.807) is 0 Å². The molecule has 1 aromatic carbocycles. The van der Waals surface area contributed by atoms with Crippen LogP contribution in [-0.4, -0.2) is 18.6 Å². The van der Waals surface area contributed by atoms with E-state index >= 15 is 0 Å². The summed E-state index contributed by atoms with van der Waals surface area (Å²) in [7, 11) is 0. The number of amides is 1. The first kappa shape index (κ1) is 15.4. The summed E-state index contributed by atoms with van der Waals surface area (Å²) >= 11 is 0. The number of nitrogens with two attached hydrogens (primary N) is 1. The molecule has 106 valence electrons. The number of carbonyl (C=O) groups excluding carboxylic acids is 1. The van der Waals surface area contributed by atoms with E-state index in [-0.39, 0.29) is 12.0 Å². The molecule has 0 radical (unpaired) electrons. The maximum atomic E-state index is 13.7. The summed E-state index contributed by atoms with van der Waals surface area (Å²) in [6, 6.07) is 5.12. The number of benzene rings is 1. The zero-order valence-electron chi connectivity index (χ0n) is 10.2. The van der Waals surface area contributed by atoms with Crippen molar-refractivity contribution in [2.24, 2.45) is 5.73 Å². The molecule has 0 heterocycles. The lowest BCUT2D eigenvalue weighted by Crippen LogP contribution is -2.55. The van der Waals surface area contributed by atoms with Gasteiger partial charge in [0.25, 0.3) is 0 Å². The average Bonchev–Trinajstić information content (AvgIpc) is 2.30. The molecule has 1 aromatic rings. The zero-order valence-corrected chi connectivity index (χ0v) is 10.2. The smallest absolute Gasteiger partial charge is 0.368 e. The number of nitrogens with one attached hydrogen (secondary N) is 1. The van der Waals surface area contributed by atoms with Crippen LogP contribution in [0.2, 0.25) is 0 Å². The fraction of sp³-hybridized carbons (Fsp3) is 0.417. The number of alkyl halides is 3. The predicted octanol–water partition coefficient (Wildman–Crippen LogP) is 2.07. The fourth-order valence-corrected chi connectivity index (χ4v) is 1.86. The Morgan fingerprint density at radius 2 is 1.89 bits per heavy atom. The number of halogens is 4. The number of rotatable bonds is 5. The normalized spacial score (nSPS) is 15.0. The number of hydrogen-bond donors (Lipinski definition) is 2. The van der Waals surface area contributed by atoms with Crippen molar-refractivity contribution in [3.63, 3.8) is 0 Å². The van der Waals surface area contributed by atoms with Gasteiger partial charge in [0.1, 0.15) is 11.4 Å². The summed E-state index contributed by atoms with van der Waals surface area (Å²) in [5.41, 5.74) is 3.12. The molecular weight excluding hydrogens is 264 g/mol. The van der Waals surface area contributed by atoms with Gasteiger partial charge in [0.15, 0.2) is 0 Å². The van der Waals surface area contributed by atoms with E-state index < -0.39 is 30.0 Å². The van der Waals surface area contributed by atoms with Crippen LogP contribution in [0.5, 0.6) is 0 Å². The molecule has 3 nitrogen and oxygen atoms in total. The molecule has 1 amide bonds. The minimum absolute atomic E-state index is 0.0979. The lowest BCUT2D eigenvalue weighted by atomic mass is 9.86. The highest BCUT2D eigenvalue weighted by atomic mass is 19.4. The minimum atomic E-state index is -4.53. The molecule has 0 saturated heterocycles. The third-order valence-corrected chi connectivity index (χ3v) is 2.88. The second-order valence-electron chi connectivity index (χ2n) is 4.07. The summed E-state index contributed by atoms with van der Waals surface area (Å²) in [6.45, 7) is 0.0265. The van der Waals surface area contributed by atoms with Gasteiger partial charge in [-0.05, 0) is 12.5 Å². The van der Waals surface area contributed by atoms with Crippen LogP contribution in [0.4, 0.5) is 17.6 Å². The van der Waals surface area contributed by atoms with Crippen molar-refractivity contribution in [1.82, 2.24) is 5.32 Å². The zero-order chi connectivity index (χ0) is 14.7. The molecule has 0 spiro atoms. The van der Waals surface area contributed by atoms with E-state index in [2.05, 4.69) is 0 Å². The standard InChI is InChI=1S/C12H14F4N2O/c1-2-11(10(17)19,18-7-12(14,15)16)8-5-3-4-6-9(8)13/h3-6,18H,2,7H2,1H3,(H2,17,19). The van der Waals surface area contributed by atoms with Gasteiger partial charge in [-0.15, -0.1) is 0 Å². The summed E-state index contributed by atoms with van der Waals surface area (Å²) < 4.78 is 50.6. The fourth-order valence-electron chi connectivity index (χ4n) is 1.86. The SMILES string of the molecule is CCC(NCC(F)(F)F)(C(N)=O)c1ccccc1F. The van der Waals surface area contributed by atoms with Crippen LogP contribution in [0.15, 0.2) is 24.3 Å². The van der Waals surface area contributed by atoms with Crippen LogP contribution >= 0.6 is 0 Å². The molecule has 7 heteroatoms. The molecule has 3 N–H and O–H groups in total. The van der Waals surface area contributed by atoms with Crippen LogP contribution in [0.3, 0.4) is 0 Å². The Morgan fingerprint density at radius 3 is 2.32 bits per heavy atom. The molecule has 0 aliphatic carbocycles. The molecule has 1 atom stereocenters. The van der Waals surface area contributed by atoms with Crippen LogP contribution in [-0.2, 0) is 10.3 Å². The second kappa shape index (κ2) is 5.56. The Balaban J connectivity index is 3.20. The molecule has 19 heavy (non-hydrogen) atoms. The number of carbonyl (C=O) groups is 1. The van der Waals surface area contributed by atoms with Crippen molar-refractivity contribution >= 4 is 5.91 Å². The maximum absolute atomic E-state index is 13.7. The molecule has 0 bridgehead atoms. The molecule has 0 fully saturated rings. The van der Waals surface area contributed by atoms with Crippen molar-refractivity contribution in [2.45, 2.75) is 25.1 Å². The molecule has 1 unspecified atom stereocenters. The van der Waals surface area contributed by atoms with Crippen LogP contribution < -0.4 is 11.1 Å². The van der Waals surface area contributed by atoms with Crippen molar-refractivity contribution in [3.05, 3.63) is 35.6 Å². The van der Waals surface area contributed by atoms with Gasteiger partial charge >= 0.3 is 6.18 Å². The number of hydrogen-bond acceptors (Lipinski definition) is 2. The third kappa shape index (κ3) is 3.44. The molecule has 0 aliphatic heterocycles. The molecule has 0 aromatic heterocycles. The van der Waals surface area contributed by atoms with E-state index in [1.165, 1.54) is 25.1 Å². The van der Waals surface area contributed by atoms with Crippen LogP contribution in [0, 0.1) is 5.82 Å². The van der Waals surface area contributed by atoms with E-state index in [1.807, 2.05) is 5.32 Å². The van der Waals surface area contributed by atoms with Crippen LogP contribution in [0.25, 0.3) is 0 Å². The van der Waals surface area contributed by atoms with Crippen molar-refractivity contribution in [2.75, 3.05) is 6.54 Å². The Morgan fingerprint density at radius 1 is 1.32 bits per heavy atom. The van der Waals surface area contributed by atoms with Crippen molar-refractivity contribution < 1.29 is 22.4 Å². The lowest BCUT2D eigenvalue weighted by molar-refractivity contribution is -0.137. The highest BCUT2D eigenvalue weighted by Gasteiger charge is 2.41. The minimum Gasteiger partial charge on any atom is -0.368 e. The largest absolute Gasteiger partial charge is 0.401 e. The quantitative estimate of drug-likeness (QED) is 0.810. The maximum Gasteiger partial charge on any atom is 0.401 e. The predicted molar refractivity (Wildman–Crippen MR) is 61.6 cm³/mol. The Labute approximate surface area is 107 Å². The van der Waals surface area contributed by atoms with E-state index in [4.69, 9.17) is 5.73 Å². The highest BCUT2D eigenvalue weighted by Crippen LogP contribution is 2.28. The molecule has 0 aliphatic rings. The molecule has 1 rings (SSSR count). The number of primary amides is 1. The van der Waals surface area contributed by atoms with Gasteiger partial charge in [0.2, 0.25) is 5.91 Å². The van der Waals surface area contributed by atoms with E-state index in [0.717, 1.165) is 6.07 Å². The van der Waals surface area contributed by atoms with E-state index in [0.29, 0.717) is 0 Å². The molecular formula is C12H14F4N2O. The first-order chi connectivity index (χ1) is 8.73. The summed E-state index contributed by atoms with van der Waals surface area (Å²) in [5, 5.41) is 2.04.